The number of ether oxygens (including phenoxy) is 1. The van der Waals surface area contributed by atoms with E-state index in [-0.39, 0.29) is 0 Å². The van der Waals surface area contributed by atoms with Gasteiger partial charge in [-0.3, -0.25) is 0 Å². The first-order valence-electron chi connectivity index (χ1n) is 5.48. The van der Waals surface area contributed by atoms with Crippen LogP contribution in [0.15, 0.2) is 30.9 Å². The fraction of sp³-hybridized carbons (Fsp3) is 0.308. The summed E-state index contributed by atoms with van der Waals surface area (Å²) in [4.78, 5) is 11.3. The summed E-state index contributed by atoms with van der Waals surface area (Å²) >= 11 is 0. The van der Waals surface area contributed by atoms with E-state index in [0.717, 1.165) is 12.8 Å². The Kier molecular flexibility index (Phi) is 3.25. The Hall–Kier alpha value is -1.77. The van der Waals surface area contributed by atoms with Crippen LogP contribution in [0.4, 0.5) is 4.79 Å². The first kappa shape index (κ1) is 10.7. The van der Waals surface area contributed by atoms with Gasteiger partial charge in [0.15, 0.2) is 0 Å². The number of hydrogen-bond donors (Lipinski definition) is 1. The second-order valence-electron chi connectivity index (χ2n) is 3.84. The topological polar surface area (TPSA) is 38.3 Å². The Morgan fingerprint density at radius 3 is 3.06 bits per heavy atom. The van der Waals surface area contributed by atoms with Crippen molar-refractivity contribution in [3.63, 3.8) is 0 Å². The smallest absolute Gasteiger partial charge is 0.410 e. The third kappa shape index (κ3) is 2.42. The summed E-state index contributed by atoms with van der Waals surface area (Å²) < 4.78 is 5.14. The lowest BCUT2D eigenvalue weighted by Crippen LogP contribution is -2.26. The summed E-state index contributed by atoms with van der Waals surface area (Å²) in [5.74, 6) is 0.613. The zero-order valence-corrected chi connectivity index (χ0v) is 9.16. The molecule has 0 fully saturated rings. The van der Waals surface area contributed by atoms with Crippen molar-refractivity contribution in [1.29, 1.82) is 0 Å². The zero-order chi connectivity index (χ0) is 11.4. The number of benzene rings is 1. The first-order valence-corrected chi connectivity index (χ1v) is 5.48. The fourth-order valence-corrected chi connectivity index (χ4v) is 1.91. The molecular weight excluding hydrogens is 202 g/mol. The van der Waals surface area contributed by atoms with E-state index >= 15 is 0 Å². The van der Waals surface area contributed by atoms with Gasteiger partial charge in [-0.2, -0.15) is 0 Å². The number of hydrogen-bond acceptors (Lipinski definition) is 2. The van der Waals surface area contributed by atoms with E-state index in [2.05, 4.69) is 11.9 Å². The fourth-order valence-electron chi connectivity index (χ4n) is 1.91. The molecule has 0 saturated heterocycles. The molecule has 16 heavy (non-hydrogen) atoms. The molecule has 84 valence electrons. The lowest BCUT2D eigenvalue weighted by molar-refractivity contribution is 0.201. The standard InChI is InChI=1S/C13H15NO2/c1-2-8-14-13(15)16-12-7-6-10-4-3-5-11(10)9-12/h2,6-7,9H,1,3-5,8H2,(H,14,15). The van der Waals surface area contributed by atoms with Crippen molar-refractivity contribution in [2.24, 2.45) is 0 Å². The SMILES string of the molecule is C=CCNC(=O)Oc1ccc2c(c1)CCC2. The average Bonchev–Trinajstić information content (AvgIpc) is 2.73. The van der Waals surface area contributed by atoms with Gasteiger partial charge in [-0.1, -0.05) is 12.1 Å². The third-order valence-corrected chi connectivity index (χ3v) is 2.67. The van der Waals surface area contributed by atoms with Gasteiger partial charge in [-0.05, 0) is 42.5 Å². The molecule has 3 nitrogen and oxygen atoms in total. The summed E-state index contributed by atoms with van der Waals surface area (Å²) in [5, 5.41) is 2.57. The molecule has 1 aliphatic carbocycles. The van der Waals surface area contributed by atoms with Crippen molar-refractivity contribution in [2.45, 2.75) is 19.3 Å². The number of nitrogens with one attached hydrogen (secondary N) is 1. The lowest BCUT2D eigenvalue weighted by atomic mass is 10.1. The highest BCUT2D eigenvalue weighted by atomic mass is 16.5. The van der Waals surface area contributed by atoms with Crippen LogP contribution in [0.3, 0.4) is 0 Å². The minimum atomic E-state index is -0.433. The zero-order valence-electron chi connectivity index (χ0n) is 9.16. The van der Waals surface area contributed by atoms with Crippen LogP contribution < -0.4 is 10.1 Å². The highest BCUT2D eigenvalue weighted by Crippen LogP contribution is 2.25. The van der Waals surface area contributed by atoms with Crippen LogP contribution in [-0.2, 0) is 12.8 Å². The van der Waals surface area contributed by atoms with Gasteiger partial charge in [0, 0.05) is 6.54 Å². The highest BCUT2D eigenvalue weighted by Gasteiger charge is 2.12. The Balaban J connectivity index is 1.99. The van der Waals surface area contributed by atoms with E-state index in [9.17, 15) is 4.79 Å². The molecule has 0 aromatic heterocycles. The average molecular weight is 217 g/mol. The molecule has 1 aromatic rings. The molecule has 0 saturated carbocycles. The molecule has 3 heteroatoms. The molecule has 0 radical (unpaired) electrons. The summed E-state index contributed by atoms with van der Waals surface area (Å²) in [5.41, 5.74) is 2.67. The van der Waals surface area contributed by atoms with Crippen LogP contribution in [0.1, 0.15) is 17.5 Å². The molecule has 0 spiro atoms. The van der Waals surface area contributed by atoms with Gasteiger partial charge >= 0.3 is 6.09 Å². The van der Waals surface area contributed by atoms with Crippen molar-refractivity contribution in [3.8, 4) is 5.75 Å². The maximum atomic E-state index is 11.3. The summed E-state index contributed by atoms with van der Waals surface area (Å²) in [6, 6.07) is 5.84. The Morgan fingerprint density at radius 2 is 2.25 bits per heavy atom. The number of fused-ring (bicyclic) bond motifs is 1. The summed E-state index contributed by atoms with van der Waals surface area (Å²) in [6.07, 6.45) is 4.60. The number of aryl methyl sites for hydroxylation is 2. The van der Waals surface area contributed by atoms with Crippen LogP contribution >= 0.6 is 0 Å². The van der Waals surface area contributed by atoms with Crippen LogP contribution in [0.2, 0.25) is 0 Å². The first-order chi connectivity index (χ1) is 7.79. The van der Waals surface area contributed by atoms with Gasteiger partial charge in [0.2, 0.25) is 0 Å². The highest BCUT2D eigenvalue weighted by molar-refractivity contribution is 5.70. The maximum absolute atomic E-state index is 11.3. The quantitative estimate of drug-likeness (QED) is 0.790. The van der Waals surface area contributed by atoms with Crippen LogP contribution in [0.5, 0.6) is 5.75 Å². The number of rotatable bonds is 3. The summed E-state index contributed by atoms with van der Waals surface area (Å²) in [6.45, 7) is 3.94. The summed E-state index contributed by atoms with van der Waals surface area (Å²) in [7, 11) is 0. The predicted octanol–water partition coefficient (Wildman–Crippen LogP) is 2.45. The minimum Gasteiger partial charge on any atom is -0.410 e. The Morgan fingerprint density at radius 1 is 1.44 bits per heavy atom. The molecule has 0 aliphatic heterocycles. The maximum Gasteiger partial charge on any atom is 0.412 e. The second kappa shape index (κ2) is 4.84. The van der Waals surface area contributed by atoms with E-state index in [1.54, 1.807) is 6.08 Å². The van der Waals surface area contributed by atoms with Gasteiger partial charge in [0.25, 0.3) is 0 Å². The largest absolute Gasteiger partial charge is 0.412 e. The molecule has 1 aliphatic rings. The number of carbonyl (C=O) groups is 1. The van der Waals surface area contributed by atoms with Gasteiger partial charge in [-0.15, -0.1) is 6.58 Å². The molecule has 1 aromatic carbocycles. The predicted molar refractivity (Wildman–Crippen MR) is 62.7 cm³/mol. The van der Waals surface area contributed by atoms with E-state index in [1.807, 2.05) is 18.2 Å². The van der Waals surface area contributed by atoms with Gasteiger partial charge in [-0.25, -0.2) is 4.79 Å². The normalized spacial score (nSPS) is 13.0. The number of amides is 1. The van der Waals surface area contributed by atoms with E-state index < -0.39 is 6.09 Å². The molecule has 0 heterocycles. The van der Waals surface area contributed by atoms with Gasteiger partial charge in [0.05, 0.1) is 0 Å². The molecule has 0 atom stereocenters. The molecule has 0 unspecified atom stereocenters. The van der Waals surface area contributed by atoms with E-state index in [4.69, 9.17) is 4.74 Å². The third-order valence-electron chi connectivity index (χ3n) is 2.67. The number of carbonyl (C=O) groups excluding carboxylic acids is 1. The van der Waals surface area contributed by atoms with Crippen LogP contribution in [0.25, 0.3) is 0 Å². The molecule has 1 N–H and O–H groups in total. The van der Waals surface area contributed by atoms with Gasteiger partial charge < -0.3 is 10.1 Å². The van der Waals surface area contributed by atoms with Crippen LogP contribution in [0, 0.1) is 0 Å². The molecule has 0 bridgehead atoms. The van der Waals surface area contributed by atoms with Crippen LogP contribution in [-0.4, -0.2) is 12.6 Å². The van der Waals surface area contributed by atoms with Crippen molar-refractivity contribution < 1.29 is 9.53 Å². The van der Waals surface area contributed by atoms with E-state index in [0.29, 0.717) is 12.3 Å². The Labute approximate surface area is 95.1 Å². The second-order valence-corrected chi connectivity index (χ2v) is 3.84. The molecule has 1 amide bonds. The van der Waals surface area contributed by atoms with Crippen molar-refractivity contribution in [3.05, 3.63) is 42.0 Å². The molecule has 2 rings (SSSR count). The van der Waals surface area contributed by atoms with Gasteiger partial charge in [0.1, 0.15) is 5.75 Å². The monoisotopic (exact) mass is 217 g/mol. The Bertz CT molecular complexity index is 412. The van der Waals surface area contributed by atoms with E-state index in [1.165, 1.54) is 17.5 Å². The molecular formula is C13H15NO2. The van der Waals surface area contributed by atoms with Crippen molar-refractivity contribution in [1.82, 2.24) is 5.32 Å². The van der Waals surface area contributed by atoms with Crippen molar-refractivity contribution in [2.75, 3.05) is 6.54 Å². The van der Waals surface area contributed by atoms with Crippen molar-refractivity contribution >= 4 is 6.09 Å². The lowest BCUT2D eigenvalue weighted by Gasteiger charge is -2.06. The minimum absolute atomic E-state index is 0.420.